The maximum absolute atomic E-state index is 12.8. The number of carbonyl (C=O) groups excluding carboxylic acids is 1. The fraction of sp³-hybridized carbons (Fsp3) is 0.727. The quantitative estimate of drug-likeness (QED) is 0.793. The summed E-state index contributed by atoms with van der Waals surface area (Å²) in [5.74, 6) is -0.501. The molecule has 0 aromatic carbocycles. The Balaban J connectivity index is 2.28. The minimum atomic E-state index is -4.42. The summed E-state index contributed by atoms with van der Waals surface area (Å²) in [6.07, 6.45) is -4.42. The van der Waals surface area contributed by atoms with Crippen LogP contribution in [-0.4, -0.2) is 58.4 Å². The van der Waals surface area contributed by atoms with Crippen molar-refractivity contribution in [1.29, 1.82) is 0 Å². The van der Waals surface area contributed by atoms with Crippen molar-refractivity contribution in [3.63, 3.8) is 0 Å². The zero-order valence-corrected chi connectivity index (χ0v) is 12.7. The molecule has 0 unspecified atom stereocenters. The van der Waals surface area contributed by atoms with Gasteiger partial charge in [0.25, 0.3) is 0 Å². The molecule has 2 rings (SSSR count). The molecule has 2 N–H and O–H groups in total. The Morgan fingerprint density at radius 1 is 1.41 bits per heavy atom. The molecule has 0 aliphatic carbocycles. The zero-order valence-electron chi connectivity index (χ0n) is 11.8. The normalized spacial score (nSPS) is 17.5. The average Bonchev–Trinajstić information content (AvgIpc) is 2.80. The largest absolute Gasteiger partial charge is 0.406 e. The molecule has 2 heterocycles. The minimum absolute atomic E-state index is 0.0186. The first kappa shape index (κ1) is 16.9. The number of ether oxygens (including phenoxy) is 1. The number of rotatable bonds is 5. The molecule has 1 aromatic heterocycles. The van der Waals surface area contributed by atoms with Crippen molar-refractivity contribution in [2.45, 2.75) is 30.1 Å². The smallest absolute Gasteiger partial charge is 0.378 e. The van der Waals surface area contributed by atoms with Crippen molar-refractivity contribution < 1.29 is 22.7 Å². The van der Waals surface area contributed by atoms with Gasteiger partial charge < -0.3 is 15.4 Å². The highest BCUT2D eigenvalue weighted by molar-refractivity contribution is 8.00. The number of anilines is 1. The summed E-state index contributed by atoms with van der Waals surface area (Å²) in [4.78, 5) is 12.8. The van der Waals surface area contributed by atoms with Gasteiger partial charge in [-0.25, -0.2) is 0 Å². The first-order chi connectivity index (χ1) is 10.3. The molecule has 0 bridgehead atoms. The average molecular weight is 339 g/mol. The van der Waals surface area contributed by atoms with E-state index in [4.69, 9.17) is 10.5 Å². The molecule has 1 fully saturated rings. The maximum Gasteiger partial charge on any atom is 0.406 e. The van der Waals surface area contributed by atoms with E-state index in [2.05, 4.69) is 10.2 Å². The van der Waals surface area contributed by atoms with Gasteiger partial charge in [0.05, 0.1) is 18.5 Å². The van der Waals surface area contributed by atoms with Crippen molar-refractivity contribution in [1.82, 2.24) is 14.8 Å². The van der Waals surface area contributed by atoms with Crippen LogP contribution in [0.25, 0.3) is 0 Å². The lowest BCUT2D eigenvalue weighted by atomic mass is 10.4. The van der Waals surface area contributed by atoms with Crippen LogP contribution in [0, 0.1) is 0 Å². The van der Waals surface area contributed by atoms with Crippen LogP contribution in [0.15, 0.2) is 5.16 Å². The lowest BCUT2D eigenvalue weighted by molar-refractivity contribution is -0.141. The van der Waals surface area contributed by atoms with Crippen LogP contribution in [0.5, 0.6) is 0 Å². The number of hydrogen-bond donors (Lipinski definition) is 1. The van der Waals surface area contributed by atoms with E-state index < -0.39 is 23.9 Å². The first-order valence-corrected chi connectivity index (χ1v) is 7.44. The Morgan fingerprint density at radius 2 is 2.05 bits per heavy atom. The molecule has 124 valence electrons. The molecule has 1 saturated heterocycles. The standard InChI is InChI=1S/C11H16F3N5O2S/c1-7(8(15)20)22-10-17-16-9(18-2-4-21-5-3-18)19(10)6-11(12,13)14/h7H,2-6H2,1H3,(H2,15,20)/t7-/m0/s1. The fourth-order valence-corrected chi connectivity index (χ4v) is 2.69. The van der Waals surface area contributed by atoms with E-state index in [0.29, 0.717) is 26.3 Å². The molecule has 0 spiro atoms. The highest BCUT2D eigenvalue weighted by atomic mass is 32.2. The van der Waals surface area contributed by atoms with Gasteiger partial charge in [-0.1, -0.05) is 11.8 Å². The van der Waals surface area contributed by atoms with Crippen molar-refractivity contribution in [2.24, 2.45) is 5.73 Å². The second-order valence-corrected chi connectivity index (χ2v) is 6.05. The third-order valence-electron chi connectivity index (χ3n) is 3.01. The van der Waals surface area contributed by atoms with E-state index in [0.717, 1.165) is 16.3 Å². The van der Waals surface area contributed by atoms with Crippen LogP contribution >= 0.6 is 11.8 Å². The third kappa shape index (κ3) is 4.26. The number of morpholine rings is 1. The highest BCUT2D eigenvalue weighted by Gasteiger charge is 2.33. The number of thioether (sulfide) groups is 1. The van der Waals surface area contributed by atoms with E-state index in [1.54, 1.807) is 4.90 Å². The molecule has 1 aromatic rings. The molecule has 1 amide bonds. The second-order valence-electron chi connectivity index (χ2n) is 4.75. The molecule has 1 atom stereocenters. The monoisotopic (exact) mass is 339 g/mol. The van der Waals surface area contributed by atoms with Crippen LogP contribution in [0.2, 0.25) is 0 Å². The van der Waals surface area contributed by atoms with Crippen LogP contribution in [0.4, 0.5) is 19.1 Å². The van der Waals surface area contributed by atoms with Gasteiger partial charge in [-0.15, -0.1) is 10.2 Å². The summed E-state index contributed by atoms with van der Waals surface area (Å²) >= 11 is 0.861. The summed E-state index contributed by atoms with van der Waals surface area (Å²) in [6.45, 7) is 1.99. The predicted octanol–water partition coefficient (Wildman–Crippen LogP) is 0.643. The van der Waals surface area contributed by atoms with Crippen molar-refractivity contribution in [3.05, 3.63) is 0 Å². The Bertz CT molecular complexity index is 530. The number of carbonyl (C=O) groups is 1. The Hall–Kier alpha value is -1.49. The molecular weight excluding hydrogens is 323 g/mol. The number of nitrogens with zero attached hydrogens (tertiary/aromatic N) is 4. The van der Waals surface area contributed by atoms with Crippen LogP contribution in [0.1, 0.15) is 6.92 Å². The van der Waals surface area contributed by atoms with Gasteiger partial charge in [0.1, 0.15) is 6.54 Å². The van der Waals surface area contributed by atoms with Gasteiger partial charge in [-0.05, 0) is 6.92 Å². The SMILES string of the molecule is C[C@H](Sc1nnc(N2CCOCC2)n1CC(F)(F)F)C(N)=O. The summed E-state index contributed by atoms with van der Waals surface area (Å²) in [6, 6.07) is 0. The predicted molar refractivity (Wildman–Crippen MR) is 73.6 cm³/mol. The molecule has 1 aliphatic heterocycles. The zero-order chi connectivity index (χ0) is 16.3. The van der Waals surface area contributed by atoms with Gasteiger partial charge in [0.15, 0.2) is 5.16 Å². The lowest BCUT2D eigenvalue weighted by Gasteiger charge is -2.28. The van der Waals surface area contributed by atoms with E-state index in [-0.39, 0.29) is 11.1 Å². The third-order valence-corrected chi connectivity index (χ3v) is 4.11. The van der Waals surface area contributed by atoms with E-state index in [9.17, 15) is 18.0 Å². The number of alkyl halides is 3. The van der Waals surface area contributed by atoms with Gasteiger partial charge >= 0.3 is 6.18 Å². The topological polar surface area (TPSA) is 86.3 Å². The molecule has 1 aliphatic rings. The Labute approximate surface area is 129 Å². The minimum Gasteiger partial charge on any atom is -0.378 e. The summed E-state index contributed by atoms with van der Waals surface area (Å²) in [7, 11) is 0. The molecule has 0 radical (unpaired) electrons. The summed E-state index contributed by atoms with van der Waals surface area (Å²) in [5.41, 5.74) is 5.14. The van der Waals surface area contributed by atoms with E-state index >= 15 is 0 Å². The molecule has 22 heavy (non-hydrogen) atoms. The number of halogens is 3. The van der Waals surface area contributed by atoms with Crippen molar-refractivity contribution >= 4 is 23.6 Å². The van der Waals surface area contributed by atoms with Crippen molar-refractivity contribution in [2.75, 3.05) is 31.2 Å². The van der Waals surface area contributed by atoms with Gasteiger partial charge in [-0.2, -0.15) is 13.2 Å². The molecule has 7 nitrogen and oxygen atoms in total. The summed E-state index contributed by atoms with van der Waals surface area (Å²) in [5, 5.41) is 6.95. The van der Waals surface area contributed by atoms with Gasteiger partial charge in [0, 0.05) is 13.1 Å². The maximum atomic E-state index is 12.8. The molecular formula is C11H16F3N5O2S. The molecule has 11 heteroatoms. The molecule has 0 saturated carbocycles. The number of hydrogen-bond acceptors (Lipinski definition) is 6. The Kier molecular flexibility index (Phi) is 5.16. The fourth-order valence-electron chi connectivity index (χ4n) is 1.90. The number of nitrogens with two attached hydrogens (primary N) is 1. The second kappa shape index (κ2) is 6.73. The lowest BCUT2D eigenvalue weighted by Crippen LogP contribution is -2.38. The van der Waals surface area contributed by atoms with Gasteiger partial charge in [-0.3, -0.25) is 9.36 Å². The number of amides is 1. The van der Waals surface area contributed by atoms with E-state index in [1.165, 1.54) is 6.92 Å². The van der Waals surface area contributed by atoms with E-state index in [1.807, 2.05) is 0 Å². The van der Waals surface area contributed by atoms with Crippen molar-refractivity contribution in [3.8, 4) is 0 Å². The highest BCUT2D eigenvalue weighted by Crippen LogP contribution is 2.29. The van der Waals surface area contributed by atoms with Crippen LogP contribution in [0.3, 0.4) is 0 Å². The number of primary amides is 1. The number of aromatic nitrogens is 3. The van der Waals surface area contributed by atoms with Crippen LogP contribution < -0.4 is 10.6 Å². The first-order valence-electron chi connectivity index (χ1n) is 6.56. The Morgan fingerprint density at radius 3 is 2.59 bits per heavy atom. The summed E-state index contributed by atoms with van der Waals surface area (Å²) < 4.78 is 44.6. The van der Waals surface area contributed by atoms with Crippen LogP contribution in [-0.2, 0) is 16.1 Å². The van der Waals surface area contributed by atoms with Gasteiger partial charge in [0.2, 0.25) is 11.9 Å².